The molecule has 1 amide bonds. The molecule has 1 N–H and O–H groups in total. The average Bonchev–Trinajstić information content (AvgIpc) is 2.66. The Kier molecular flexibility index (Phi) is 4.93. The topological polar surface area (TPSA) is 55.4 Å². The van der Waals surface area contributed by atoms with E-state index in [9.17, 15) is 9.59 Å². The van der Waals surface area contributed by atoms with E-state index in [0.717, 1.165) is 19.3 Å². The van der Waals surface area contributed by atoms with Gasteiger partial charge in [-0.2, -0.15) is 0 Å². The third-order valence-corrected chi connectivity index (χ3v) is 2.75. The quantitative estimate of drug-likeness (QED) is 0.784. The van der Waals surface area contributed by atoms with Gasteiger partial charge in [0.25, 0.3) is 0 Å². The number of nitrogens with one attached hydrogen (secondary N) is 1. The normalized spacial score (nSPS) is 17.0. The number of allylic oxidation sites excluding steroid dienone is 2. The maximum atomic E-state index is 11.9. The van der Waals surface area contributed by atoms with Crippen molar-refractivity contribution in [3.8, 4) is 0 Å². The second-order valence-electron chi connectivity index (χ2n) is 5.77. The summed E-state index contributed by atoms with van der Waals surface area (Å²) in [6.07, 6.45) is 5.23. The first-order chi connectivity index (χ1) is 8.28. The van der Waals surface area contributed by atoms with E-state index in [4.69, 9.17) is 4.74 Å². The Balaban J connectivity index is 2.37. The minimum absolute atomic E-state index is 0.0361. The van der Waals surface area contributed by atoms with Gasteiger partial charge in [0.1, 0.15) is 5.60 Å². The fourth-order valence-electron chi connectivity index (χ4n) is 1.84. The standard InChI is InChI=1S/C14H23NO3/c1-10(15-13(17)18-14(2,3)4)12(16)9-11-7-5-6-8-11/h7,10H,5-6,8-9H2,1-4H3,(H,15,17)/t10-/m1/s1. The fourth-order valence-corrected chi connectivity index (χ4v) is 1.84. The lowest BCUT2D eigenvalue weighted by Gasteiger charge is -2.21. The van der Waals surface area contributed by atoms with Crippen LogP contribution in [0.15, 0.2) is 11.6 Å². The third-order valence-electron chi connectivity index (χ3n) is 2.75. The number of carbonyl (C=O) groups excluding carboxylic acids is 2. The van der Waals surface area contributed by atoms with Crippen molar-refractivity contribution in [1.82, 2.24) is 5.32 Å². The minimum atomic E-state index is -0.541. The Labute approximate surface area is 109 Å². The molecule has 102 valence electrons. The average molecular weight is 253 g/mol. The molecule has 0 heterocycles. The third kappa shape index (κ3) is 5.34. The van der Waals surface area contributed by atoms with Crippen LogP contribution in [-0.2, 0) is 9.53 Å². The number of rotatable bonds is 4. The first-order valence-electron chi connectivity index (χ1n) is 6.48. The molecule has 0 unspecified atom stereocenters. The van der Waals surface area contributed by atoms with Crippen molar-refractivity contribution in [3.05, 3.63) is 11.6 Å². The van der Waals surface area contributed by atoms with Gasteiger partial charge in [0.15, 0.2) is 5.78 Å². The summed E-state index contributed by atoms with van der Waals surface area (Å²) in [6.45, 7) is 7.08. The van der Waals surface area contributed by atoms with E-state index in [2.05, 4.69) is 11.4 Å². The SMILES string of the molecule is C[C@@H](NC(=O)OC(C)(C)C)C(=O)CC1=CCCC1. The largest absolute Gasteiger partial charge is 0.444 e. The lowest BCUT2D eigenvalue weighted by atomic mass is 10.0. The van der Waals surface area contributed by atoms with Gasteiger partial charge in [0, 0.05) is 6.42 Å². The molecule has 1 aliphatic carbocycles. The summed E-state index contributed by atoms with van der Waals surface area (Å²) in [4.78, 5) is 23.4. The molecule has 0 aliphatic heterocycles. The smallest absolute Gasteiger partial charge is 0.408 e. The molecular weight excluding hydrogens is 230 g/mol. The monoisotopic (exact) mass is 253 g/mol. The summed E-state index contributed by atoms with van der Waals surface area (Å²) in [5.41, 5.74) is 0.652. The highest BCUT2D eigenvalue weighted by molar-refractivity contribution is 5.88. The molecule has 18 heavy (non-hydrogen) atoms. The molecule has 0 radical (unpaired) electrons. The van der Waals surface area contributed by atoms with Crippen molar-refractivity contribution in [2.75, 3.05) is 0 Å². The molecule has 4 nitrogen and oxygen atoms in total. The summed E-state index contributed by atoms with van der Waals surface area (Å²) in [5, 5.41) is 2.57. The number of amides is 1. The molecule has 1 rings (SSSR count). The maximum Gasteiger partial charge on any atom is 0.408 e. The number of ether oxygens (including phenoxy) is 1. The summed E-state index contributed by atoms with van der Waals surface area (Å²) in [6, 6.07) is -0.499. The van der Waals surface area contributed by atoms with Gasteiger partial charge in [-0.1, -0.05) is 11.6 Å². The van der Waals surface area contributed by atoms with Gasteiger partial charge in [-0.3, -0.25) is 4.79 Å². The molecule has 0 aromatic heterocycles. The van der Waals surface area contributed by atoms with Crippen molar-refractivity contribution in [3.63, 3.8) is 0 Å². The van der Waals surface area contributed by atoms with Crippen molar-refractivity contribution < 1.29 is 14.3 Å². The van der Waals surface area contributed by atoms with Crippen LogP contribution in [0.3, 0.4) is 0 Å². The van der Waals surface area contributed by atoms with Gasteiger partial charge >= 0.3 is 6.09 Å². The summed E-state index contributed by atoms with van der Waals surface area (Å²) >= 11 is 0. The van der Waals surface area contributed by atoms with Gasteiger partial charge in [0.05, 0.1) is 6.04 Å². The molecule has 1 atom stereocenters. The number of Topliss-reactive ketones (excluding diaryl/α,β-unsaturated/α-hetero) is 1. The van der Waals surface area contributed by atoms with E-state index >= 15 is 0 Å². The molecule has 0 bridgehead atoms. The molecule has 4 heteroatoms. The second kappa shape index (κ2) is 6.03. The van der Waals surface area contributed by atoms with Crippen molar-refractivity contribution in [2.24, 2.45) is 0 Å². The number of hydrogen-bond acceptors (Lipinski definition) is 3. The van der Waals surface area contributed by atoms with E-state index in [0.29, 0.717) is 6.42 Å². The zero-order chi connectivity index (χ0) is 13.8. The van der Waals surface area contributed by atoms with Gasteiger partial charge in [-0.15, -0.1) is 0 Å². The van der Waals surface area contributed by atoms with Crippen LogP contribution >= 0.6 is 0 Å². The molecule has 0 aromatic rings. The predicted octanol–water partition coefficient (Wildman–Crippen LogP) is 2.97. The summed E-state index contributed by atoms with van der Waals surface area (Å²) in [7, 11) is 0. The Morgan fingerprint density at radius 2 is 2.11 bits per heavy atom. The minimum Gasteiger partial charge on any atom is -0.444 e. The van der Waals surface area contributed by atoms with Crippen LogP contribution in [0.25, 0.3) is 0 Å². The van der Waals surface area contributed by atoms with Crippen LogP contribution < -0.4 is 5.32 Å². The van der Waals surface area contributed by atoms with Crippen molar-refractivity contribution >= 4 is 11.9 Å². The Bertz CT molecular complexity index is 353. The fraction of sp³-hybridized carbons (Fsp3) is 0.714. The molecular formula is C14H23NO3. The molecule has 0 fully saturated rings. The number of carbonyl (C=O) groups is 2. The zero-order valence-corrected chi connectivity index (χ0v) is 11.7. The zero-order valence-electron chi connectivity index (χ0n) is 11.7. The summed E-state index contributed by atoms with van der Waals surface area (Å²) in [5.74, 6) is 0.0361. The molecule has 0 saturated carbocycles. The Morgan fingerprint density at radius 1 is 1.44 bits per heavy atom. The molecule has 0 spiro atoms. The van der Waals surface area contributed by atoms with Crippen molar-refractivity contribution in [1.29, 1.82) is 0 Å². The van der Waals surface area contributed by atoms with Crippen LogP contribution in [0.2, 0.25) is 0 Å². The van der Waals surface area contributed by atoms with Crippen LogP contribution in [-0.4, -0.2) is 23.5 Å². The number of ketones is 1. The highest BCUT2D eigenvalue weighted by atomic mass is 16.6. The van der Waals surface area contributed by atoms with Gasteiger partial charge < -0.3 is 10.1 Å². The van der Waals surface area contributed by atoms with Crippen LogP contribution in [0.4, 0.5) is 4.79 Å². The first kappa shape index (κ1) is 14.7. The Hall–Kier alpha value is -1.32. The lowest BCUT2D eigenvalue weighted by molar-refractivity contribution is -0.120. The van der Waals surface area contributed by atoms with Gasteiger partial charge in [0.2, 0.25) is 0 Å². The van der Waals surface area contributed by atoms with Gasteiger partial charge in [-0.25, -0.2) is 4.79 Å². The van der Waals surface area contributed by atoms with E-state index in [1.165, 1.54) is 5.57 Å². The van der Waals surface area contributed by atoms with E-state index in [1.54, 1.807) is 27.7 Å². The van der Waals surface area contributed by atoms with E-state index < -0.39 is 17.7 Å². The molecule has 0 aromatic carbocycles. The highest BCUT2D eigenvalue weighted by Crippen LogP contribution is 2.21. The van der Waals surface area contributed by atoms with E-state index in [-0.39, 0.29) is 5.78 Å². The predicted molar refractivity (Wildman–Crippen MR) is 70.4 cm³/mol. The Morgan fingerprint density at radius 3 is 2.61 bits per heavy atom. The number of alkyl carbamates (subject to hydrolysis) is 1. The van der Waals surface area contributed by atoms with Crippen molar-refractivity contribution in [2.45, 2.75) is 65.0 Å². The lowest BCUT2D eigenvalue weighted by Crippen LogP contribution is -2.41. The van der Waals surface area contributed by atoms with Crippen LogP contribution in [0.1, 0.15) is 53.4 Å². The van der Waals surface area contributed by atoms with Gasteiger partial charge in [-0.05, 0) is 47.0 Å². The van der Waals surface area contributed by atoms with E-state index in [1.807, 2.05) is 0 Å². The maximum absolute atomic E-state index is 11.9. The molecule has 0 saturated heterocycles. The highest BCUT2D eigenvalue weighted by Gasteiger charge is 2.21. The second-order valence-corrected chi connectivity index (χ2v) is 5.77. The van der Waals surface area contributed by atoms with Crippen LogP contribution in [0.5, 0.6) is 0 Å². The van der Waals surface area contributed by atoms with Crippen LogP contribution in [0, 0.1) is 0 Å². The number of hydrogen-bond donors (Lipinski definition) is 1. The molecule has 1 aliphatic rings. The summed E-state index contributed by atoms with van der Waals surface area (Å²) < 4.78 is 5.11. The first-order valence-corrected chi connectivity index (χ1v) is 6.48.